The summed E-state index contributed by atoms with van der Waals surface area (Å²) in [6.45, 7) is -3.90. The molecule has 2 aromatic rings. The zero-order valence-electron chi connectivity index (χ0n) is 71.3. The molecule has 0 radical (unpaired) electrons. The number of ether oxygens (including phenoxy) is 22. The number of carbonyl (C=O) groups is 14. The number of alkyl carbamates (subject to hydrolysis) is 1. The Morgan fingerprint density at radius 2 is 0.533 bits per heavy atom. The van der Waals surface area contributed by atoms with E-state index in [-0.39, 0.29) is 183 Å². The van der Waals surface area contributed by atoms with Gasteiger partial charge in [-0.1, -0.05) is 18.2 Å². The highest BCUT2D eigenvalue weighted by molar-refractivity contribution is 5.89. The van der Waals surface area contributed by atoms with Gasteiger partial charge in [0.25, 0.3) is 0 Å². The Morgan fingerprint density at radius 1 is 0.317 bits per heavy atom. The average molecular weight is 1720 g/mol. The first-order chi connectivity index (χ1) is 57.2. The van der Waals surface area contributed by atoms with E-state index in [4.69, 9.17) is 104 Å². The van der Waals surface area contributed by atoms with Gasteiger partial charge in [-0.05, 0) is 32.4 Å². The van der Waals surface area contributed by atoms with E-state index in [2.05, 4.69) is 26.6 Å². The minimum Gasteiger partial charge on any atom is -0.469 e. The van der Waals surface area contributed by atoms with Crippen LogP contribution >= 0.6 is 0 Å². The monoisotopic (exact) mass is 1720 g/mol. The standard InChI is InChI=1S/C78H124N6O36/c1-74(2,3)120-73(98)79-58(42-56-43-84(4)59-17-15-14-16-57(56)59)72(97)83-78(53-108-30-18-60(85)80-75(44-111-33-21-63(88)99-5,45-112-34-22-64(89)100-6)46-113-35-23-65(90)101-7,54-109-31-19-61(86)81-76(47-114-36-24-66(91)102-8,48-115-37-25-67(92)103-9)49-116-38-26-68(93)104-10)55-110-32-20-62(87)82-77(50-117-39-27-69(94)105-11,51-118-40-28-70(95)106-12)52-119-41-29-71(96)107-13/h14-17,43,58H,18-42,44-55H2,1-13H3,(H,79,98)(H,80,85)(H,81,86)(H,82,87)(H,83,97)/t58-/m0/s1. The molecule has 0 aliphatic heterocycles. The van der Waals surface area contributed by atoms with E-state index in [9.17, 15) is 62.3 Å². The maximum Gasteiger partial charge on any atom is 0.408 e. The Hall–Kier alpha value is -9.34. The van der Waals surface area contributed by atoms with Crippen LogP contribution in [0.25, 0.3) is 10.9 Å². The summed E-state index contributed by atoms with van der Waals surface area (Å²) in [7, 11) is 12.4. The van der Waals surface area contributed by atoms with E-state index in [1.807, 2.05) is 22.8 Å². The van der Waals surface area contributed by atoms with Crippen LogP contribution in [0.5, 0.6) is 0 Å². The molecule has 5 N–H and O–H groups in total. The summed E-state index contributed by atoms with van der Waals surface area (Å²) in [4.78, 5) is 183. The van der Waals surface area contributed by atoms with Crippen molar-refractivity contribution in [3.05, 3.63) is 36.0 Å². The van der Waals surface area contributed by atoms with E-state index >= 15 is 4.79 Å². The predicted octanol–water partition coefficient (Wildman–Crippen LogP) is 0.471. The number of carbonyl (C=O) groups excluding carboxylic acids is 14. The van der Waals surface area contributed by atoms with Crippen LogP contribution < -0.4 is 26.6 Å². The Balaban J connectivity index is 3.03. The lowest BCUT2D eigenvalue weighted by atomic mass is 9.99. The highest BCUT2D eigenvalue weighted by Gasteiger charge is 2.41. The van der Waals surface area contributed by atoms with Crippen molar-refractivity contribution in [1.29, 1.82) is 0 Å². The first-order valence-corrected chi connectivity index (χ1v) is 38.6. The molecule has 0 aliphatic carbocycles. The lowest BCUT2D eigenvalue weighted by Crippen LogP contribution is -2.63. The zero-order valence-corrected chi connectivity index (χ0v) is 71.3. The van der Waals surface area contributed by atoms with E-state index < -0.39 is 176 Å². The van der Waals surface area contributed by atoms with Crippen molar-refractivity contribution in [3.63, 3.8) is 0 Å². The molecule has 5 amide bonds. The quantitative estimate of drug-likeness (QED) is 0.0341. The topological polar surface area (TPSA) is 507 Å². The van der Waals surface area contributed by atoms with Gasteiger partial charge in [0.05, 0.1) is 280 Å². The summed E-state index contributed by atoms with van der Waals surface area (Å²) in [5.41, 5.74) is -6.56. The second kappa shape index (κ2) is 60.2. The number of nitrogens with zero attached hydrogens (tertiary/aromatic N) is 1. The number of hydrogen-bond donors (Lipinski definition) is 5. The van der Waals surface area contributed by atoms with Gasteiger partial charge in [0, 0.05) is 49.8 Å². The van der Waals surface area contributed by atoms with Crippen LogP contribution in [-0.4, -0.2) is 344 Å². The largest absolute Gasteiger partial charge is 0.469 e. The number of esters is 9. The molecule has 0 saturated carbocycles. The molecule has 0 spiro atoms. The fraction of sp³-hybridized carbons (Fsp3) is 0.718. The van der Waals surface area contributed by atoms with E-state index in [0.29, 0.717) is 10.9 Å². The third-order valence-electron chi connectivity index (χ3n) is 17.1. The van der Waals surface area contributed by atoms with Crippen molar-refractivity contribution in [2.24, 2.45) is 7.05 Å². The van der Waals surface area contributed by atoms with Crippen LogP contribution in [0.1, 0.15) is 103 Å². The van der Waals surface area contributed by atoms with Crippen molar-refractivity contribution in [2.75, 3.05) is 223 Å². The van der Waals surface area contributed by atoms with Gasteiger partial charge in [0.15, 0.2) is 0 Å². The first-order valence-electron chi connectivity index (χ1n) is 38.6. The first kappa shape index (κ1) is 107. The number of hydrogen-bond acceptors (Lipinski definition) is 36. The molecule has 42 nitrogen and oxygen atoms in total. The van der Waals surface area contributed by atoms with Gasteiger partial charge < -0.3 is 135 Å². The van der Waals surface area contributed by atoms with E-state index in [1.54, 1.807) is 40.1 Å². The Morgan fingerprint density at radius 3 is 0.758 bits per heavy atom. The molecule has 1 aromatic heterocycles. The average Bonchev–Trinajstić information content (AvgIpc) is 1.64. The molecular weight excluding hydrogens is 1600 g/mol. The van der Waals surface area contributed by atoms with Gasteiger partial charge >= 0.3 is 59.8 Å². The molecule has 0 fully saturated rings. The van der Waals surface area contributed by atoms with Crippen LogP contribution in [-0.2, 0) is 180 Å². The minimum absolute atomic E-state index is 0.182. The number of benzene rings is 1. The number of nitrogens with one attached hydrogen (secondary N) is 5. The number of fused-ring (bicyclic) bond motifs is 1. The third-order valence-corrected chi connectivity index (χ3v) is 17.1. The van der Waals surface area contributed by atoms with Gasteiger partial charge in [0.2, 0.25) is 23.6 Å². The van der Waals surface area contributed by atoms with E-state index in [1.165, 1.54) is 64.0 Å². The Labute approximate surface area is 698 Å². The second-order valence-electron chi connectivity index (χ2n) is 28.3. The molecule has 1 atom stereocenters. The van der Waals surface area contributed by atoms with Crippen LogP contribution in [0, 0.1) is 0 Å². The van der Waals surface area contributed by atoms with Crippen molar-refractivity contribution in [2.45, 2.75) is 138 Å². The maximum atomic E-state index is 15.7. The summed E-state index contributed by atoms with van der Waals surface area (Å²) < 4.78 is 123. The summed E-state index contributed by atoms with van der Waals surface area (Å²) in [5, 5.41) is 15.0. The van der Waals surface area contributed by atoms with Crippen LogP contribution in [0.4, 0.5) is 4.79 Å². The van der Waals surface area contributed by atoms with Crippen LogP contribution in [0.2, 0.25) is 0 Å². The normalized spacial score (nSPS) is 11.9. The third kappa shape index (κ3) is 46.5. The fourth-order valence-electron chi connectivity index (χ4n) is 10.8. The molecule has 0 unspecified atom stereocenters. The molecule has 0 saturated heterocycles. The van der Waals surface area contributed by atoms with Gasteiger partial charge in [-0.3, -0.25) is 62.3 Å². The number of aromatic nitrogens is 1. The van der Waals surface area contributed by atoms with Gasteiger partial charge in [0.1, 0.15) is 33.8 Å². The number of aryl methyl sites for hydroxylation is 1. The van der Waals surface area contributed by atoms with E-state index in [0.717, 1.165) is 5.52 Å². The molecule has 2 rings (SSSR count). The summed E-state index contributed by atoms with van der Waals surface area (Å²) in [6.07, 6.45) is -2.77. The maximum absolute atomic E-state index is 15.7. The molecule has 1 heterocycles. The summed E-state index contributed by atoms with van der Waals surface area (Å²) >= 11 is 0. The minimum atomic E-state index is -2.00. The van der Waals surface area contributed by atoms with Crippen LogP contribution in [0.15, 0.2) is 30.5 Å². The molecule has 0 aliphatic rings. The van der Waals surface area contributed by atoms with Crippen molar-refractivity contribution in [1.82, 2.24) is 31.2 Å². The van der Waals surface area contributed by atoms with Gasteiger partial charge in [-0.15, -0.1) is 0 Å². The molecular formula is C78H124N6O36. The number of amides is 5. The van der Waals surface area contributed by atoms with Crippen LogP contribution in [0.3, 0.4) is 0 Å². The van der Waals surface area contributed by atoms with Crippen molar-refractivity contribution < 1.29 is 171 Å². The van der Waals surface area contributed by atoms with Gasteiger partial charge in [-0.2, -0.15) is 0 Å². The Kier molecular flexibility index (Phi) is 53.5. The Bertz CT molecular complexity index is 3030. The lowest BCUT2D eigenvalue weighted by molar-refractivity contribution is -0.145. The lowest BCUT2D eigenvalue weighted by Gasteiger charge is -2.36. The smallest absolute Gasteiger partial charge is 0.408 e. The molecule has 42 heteroatoms. The highest BCUT2D eigenvalue weighted by Crippen LogP contribution is 2.24. The summed E-state index contributed by atoms with van der Waals surface area (Å²) in [5.74, 6) is -8.66. The number of methoxy groups -OCH3 is 9. The number of para-hydroxylation sites is 1. The molecule has 120 heavy (non-hydrogen) atoms. The second-order valence-corrected chi connectivity index (χ2v) is 28.3. The number of rotatable bonds is 68. The fourth-order valence-corrected chi connectivity index (χ4v) is 10.8. The molecule has 1 aromatic carbocycles. The predicted molar refractivity (Wildman–Crippen MR) is 417 cm³/mol. The van der Waals surface area contributed by atoms with Crippen molar-refractivity contribution >= 4 is 94.3 Å². The molecule has 0 bridgehead atoms. The van der Waals surface area contributed by atoms with Gasteiger partial charge in [-0.25, -0.2) is 4.79 Å². The summed E-state index contributed by atoms with van der Waals surface area (Å²) in [6, 6.07) is 5.79. The highest BCUT2D eigenvalue weighted by atomic mass is 16.6. The zero-order chi connectivity index (χ0) is 89.3. The SMILES string of the molecule is COC(=O)CCOCC(COCCC(=O)OC)(COCCC(=O)OC)NC(=O)CCOCC(COCCC(=O)NC(COCCC(=O)OC)(COCCC(=O)OC)COCCC(=O)OC)(COCCC(=O)NC(COCCC(=O)OC)(COCCC(=O)OC)COCCC(=O)OC)NC(=O)[C@H](Cc1cn(C)c2ccccc12)NC(=O)OC(C)(C)C. The van der Waals surface area contributed by atoms with Crippen molar-refractivity contribution in [3.8, 4) is 0 Å². The molecule has 682 valence electrons.